The predicted molar refractivity (Wildman–Crippen MR) is 72.3 cm³/mol. The van der Waals surface area contributed by atoms with E-state index in [0.717, 1.165) is 18.5 Å². The SMILES string of the molecule is CCOC1(c2nc(C(C)C)cc(=O)[nH]2)CCOCC1. The summed E-state index contributed by atoms with van der Waals surface area (Å²) < 4.78 is 11.3. The van der Waals surface area contributed by atoms with Gasteiger partial charge >= 0.3 is 0 Å². The maximum absolute atomic E-state index is 11.8. The summed E-state index contributed by atoms with van der Waals surface area (Å²) in [5.41, 5.74) is 0.195. The molecule has 1 N–H and O–H groups in total. The van der Waals surface area contributed by atoms with E-state index in [1.165, 1.54) is 0 Å². The first-order chi connectivity index (χ1) is 9.07. The molecule has 1 aromatic heterocycles. The summed E-state index contributed by atoms with van der Waals surface area (Å²) in [6.07, 6.45) is 1.46. The Kier molecular flexibility index (Phi) is 4.37. The molecule has 1 aliphatic heterocycles. The van der Waals surface area contributed by atoms with E-state index >= 15 is 0 Å². The molecule has 0 amide bonds. The largest absolute Gasteiger partial charge is 0.381 e. The van der Waals surface area contributed by atoms with E-state index in [-0.39, 0.29) is 11.5 Å². The minimum Gasteiger partial charge on any atom is -0.381 e. The first kappa shape index (κ1) is 14.2. The van der Waals surface area contributed by atoms with Gasteiger partial charge in [-0.25, -0.2) is 4.98 Å². The molecule has 0 spiro atoms. The van der Waals surface area contributed by atoms with Gasteiger partial charge in [-0.15, -0.1) is 0 Å². The Morgan fingerprint density at radius 1 is 1.47 bits per heavy atom. The third kappa shape index (κ3) is 3.04. The molecule has 5 nitrogen and oxygen atoms in total. The Bertz CT molecular complexity index is 470. The molecule has 0 atom stereocenters. The van der Waals surface area contributed by atoms with E-state index in [4.69, 9.17) is 9.47 Å². The first-order valence-corrected chi connectivity index (χ1v) is 6.91. The van der Waals surface area contributed by atoms with Crippen molar-refractivity contribution in [3.63, 3.8) is 0 Å². The van der Waals surface area contributed by atoms with Crippen molar-refractivity contribution in [3.8, 4) is 0 Å². The van der Waals surface area contributed by atoms with Crippen molar-refractivity contribution in [2.75, 3.05) is 19.8 Å². The van der Waals surface area contributed by atoms with E-state index in [9.17, 15) is 4.79 Å². The molecular formula is C14H22N2O3. The number of ether oxygens (including phenoxy) is 2. The van der Waals surface area contributed by atoms with Crippen LogP contribution in [0.4, 0.5) is 0 Å². The zero-order valence-corrected chi connectivity index (χ0v) is 11.9. The molecule has 19 heavy (non-hydrogen) atoms. The van der Waals surface area contributed by atoms with Crippen molar-refractivity contribution >= 4 is 0 Å². The minimum atomic E-state index is -0.503. The van der Waals surface area contributed by atoms with Gasteiger partial charge in [0.25, 0.3) is 5.56 Å². The molecule has 106 valence electrons. The molecule has 2 heterocycles. The van der Waals surface area contributed by atoms with Gasteiger partial charge in [0.15, 0.2) is 0 Å². The normalized spacial score (nSPS) is 18.7. The number of hydrogen-bond acceptors (Lipinski definition) is 4. The van der Waals surface area contributed by atoms with Crippen molar-refractivity contribution in [3.05, 3.63) is 27.9 Å². The lowest BCUT2D eigenvalue weighted by molar-refractivity contribution is -0.118. The number of nitrogens with zero attached hydrogens (tertiary/aromatic N) is 1. The van der Waals surface area contributed by atoms with Crippen molar-refractivity contribution in [2.24, 2.45) is 0 Å². The Balaban J connectivity index is 2.43. The summed E-state index contributed by atoms with van der Waals surface area (Å²) in [5.74, 6) is 0.869. The maximum Gasteiger partial charge on any atom is 0.251 e. The van der Waals surface area contributed by atoms with Gasteiger partial charge in [-0.05, 0) is 12.8 Å². The molecule has 0 aliphatic carbocycles. The van der Waals surface area contributed by atoms with Crippen LogP contribution in [0.15, 0.2) is 10.9 Å². The van der Waals surface area contributed by atoms with E-state index < -0.39 is 5.60 Å². The molecule has 5 heteroatoms. The lowest BCUT2D eigenvalue weighted by Gasteiger charge is -2.36. The molecular weight excluding hydrogens is 244 g/mol. The second-order valence-electron chi connectivity index (χ2n) is 5.21. The zero-order chi connectivity index (χ0) is 13.9. The topological polar surface area (TPSA) is 64.2 Å². The van der Waals surface area contributed by atoms with Crippen LogP contribution in [0.3, 0.4) is 0 Å². The average molecular weight is 266 g/mol. The lowest BCUT2D eigenvalue weighted by Crippen LogP contribution is -2.39. The van der Waals surface area contributed by atoms with Gasteiger partial charge in [-0.3, -0.25) is 4.79 Å². The summed E-state index contributed by atoms with van der Waals surface area (Å²) in [7, 11) is 0. The maximum atomic E-state index is 11.8. The van der Waals surface area contributed by atoms with E-state index in [2.05, 4.69) is 9.97 Å². The van der Waals surface area contributed by atoms with Gasteiger partial charge in [0.1, 0.15) is 11.4 Å². The second kappa shape index (κ2) is 5.84. The molecule has 0 radical (unpaired) electrons. The van der Waals surface area contributed by atoms with Crippen LogP contribution in [0.2, 0.25) is 0 Å². The van der Waals surface area contributed by atoms with Crippen molar-refractivity contribution in [2.45, 2.75) is 45.1 Å². The summed E-state index contributed by atoms with van der Waals surface area (Å²) in [6, 6.07) is 1.56. The summed E-state index contributed by atoms with van der Waals surface area (Å²) in [5, 5.41) is 0. The van der Waals surface area contributed by atoms with Crippen LogP contribution in [0.5, 0.6) is 0 Å². The molecule has 1 aliphatic rings. The van der Waals surface area contributed by atoms with Gasteiger partial charge in [0, 0.05) is 38.7 Å². The van der Waals surface area contributed by atoms with Crippen LogP contribution < -0.4 is 5.56 Å². The molecule has 0 bridgehead atoms. The lowest BCUT2D eigenvalue weighted by atomic mass is 9.92. The van der Waals surface area contributed by atoms with Crippen molar-refractivity contribution in [1.29, 1.82) is 0 Å². The summed E-state index contributed by atoms with van der Waals surface area (Å²) in [6.45, 7) is 7.88. The fourth-order valence-electron chi connectivity index (χ4n) is 2.41. The fourth-order valence-corrected chi connectivity index (χ4v) is 2.41. The number of aromatic nitrogens is 2. The molecule has 0 saturated carbocycles. The van der Waals surface area contributed by atoms with Crippen LogP contribution in [0, 0.1) is 0 Å². The average Bonchev–Trinajstić information content (AvgIpc) is 2.39. The predicted octanol–water partition coefficient (Wildman–Crippen LogP) is 1.94. The Labute approximate surface area is 113 Å². The molecule has 1 fully saturated rings. The highest BCUT2D eigenvalue weighted by atomic mass is 16.5. The number of rotatable bonds is 4. The van der Waals surface area contributed by atoms with Crippen LogP contribution in [-0.4, -0.2) is 29.8 Å². The number of aromatic amines is 1. The zero-order valence-electron chi connectivity index (χ0n) is 11.9. The first-order valence-electron chi connectivity index (χ1n) is 6.91. The van der Waals surface area contributed by atoms with Gasteiger partial charge < -0.3 is 14.5 Å². The van der Waals surface area contributed by atoms with E-state index in [0.29, 0.717) is 25.6 Å². The quantitative estimate of drug-likeness (QED) is 0.904. The Morgan fingerprint density at radius 2 is 2.16 bits per heavy atom. The minimum absolute atomic E-state index is 0.112. The molecule has 1 aromatic rings. The highest BCUT2D eigenvalue weighted by molar-refractivity contribution is 5.12. The Morgan fingerprint density at radius 3 is 2.74 bits per heavy atom. The van der Waals surface area contributed by atoms with Crippen LogP contribution in [0.1, 0.15) is 51.0 Å². The van der Waals surface area contributed by atoms with Crippen LogP contribution in [-0.2, 0) is 15.1 Å². The van der Waals surface area contributed by atoms with Crippen LogP contribution in [0.25, 0.3) is 0 Å². The molecule has 2 rings (SSSR count). The highest BCUT2D eigenvalue weighted by Crippen LogP contribution is 2.33. The number of hydrogen-bond donors (Lipinski definition) is 1. The molecule has 0 unspecified atom stereocenters. The number of nitrogens with one attached hydrogen (secondary N) is 1. The Hall–Kier alpha value is -1.20. The standard InChI is InChI=1S/C14H22N2O3/c1-4-19-14(5-7-18-8-6-14)13-15-11(10(2)3)9-12(17)16-13/h9-10H,4-8H2,1-3H3,(H,15,16,17). The second-order valence-corrected chi connectivity index (χ2v) is 5.21. The highest BCUT2D eigenvalue weighted by Gasteiger charge is 2.38. The molecule has 0 aromatic carbocycles. The van der Waals surface area contributed by atoms with Gasteiger partial charge in [-0.1, -0.05) is 13.8 Å². The number of H-pyrrole nitrogens is 1. The van der Waals surface area contributed by atoms with Gasteiger partial charge in [-0.2, -0.15) is 0 Å². The van der Waals surface area contributed by atoms with Crippen LogP contribution >= 0.6 is 0 Å². The summed E-state index contributed by atoms with van der Waals surface area (Å²) >= 11 is 0. The van der Waals surface area contributed by atoms with E-state index in [1.807, 2.05) is 20.8 Å². The van der Waals surface area contributed by atoms with E-state index in [1.54, 1.807) is 6.07 Å². The third-order valence-electron chi connectivity index (χ3n) is 3.51. The molecule has 1 saturated heterocycles. The van der Waals surface area contributed by atoms with Crippen molar-refractivity contribution < 1.29 is 9.47 Å². The van der Waals surface area contributed by atoms with Crippen molar-refractivity contribution in [1.82, 2.24) is 9.97 Å². The smallest absolute Gasteiger partial charge is 0.251 e. The van der Waals surface area contributed by atoms with Gasteiger partial charge in [0.2, 0.25) is 0 Å². The third-order valence-corrected chi connectivity index (χ3v) is 3.51. The van der Waals surface area contributed by atoms with Gasteiger partial charge in [0.05, 0.1) is 5.69 Å². The monoisotopic (exact) mass is 266 g/mol. The summed E-state index contributed by atoms with van der Waals surface area (Å²) in [4.78, 5) is 19.3. The fraction of sp³-hybridized carbons (Fsp3) is 0.714.